The quantitative estimate of drug-likeness (QED) is 0.900. The van der Waals surface area contributed by atoms with E-state index in [1.165, 1.54) is 11.3 Å². The predicted octanol–water partition coefficient (Wildman–Crippen LogP) is 3.00. The number of hydrogen-bond acceptors (Lipinski definition) is 3. The predicted molar refractivity (Wildman–Crippen MR) is 78.8 cm³/mol. The van der Waals surface area contributed by atoms with Gasteiger partial charge in [-0.2, -0.15) is 0 Å². The summed E-state index contributed by atoms with van der Waals surface area (Å²) in [5, 5.41) is 3.38. The van der Waals surface area contributed by atoms with E-state index in [4.69, 9.17) is 0 Å². The Morgan fingerprint density at radius 3 is 3.00 bits per heavy atom. The van der Waals surface area contributed by atoms with Crippen LogP contribution in [0.15, 0.2) is 15.9 Å². The topological polar surface area (TPSA) is 32.3 Å². The lowest BCUT2D eigenvalue weighted by molar-refractivity contribution is -0.132. The number of amides is 1. The van der Waals surface area contributed by atoms with E-state index in [1.807, 2.05) is 17.9 Å². The molecule has 1 N–H and O–H groups in total. The summed E-state index contributed by atoms with van der Waals surface area (Å²) in [5.74, 6) is 0.265. The average Bonchev–Trinajstić information content (AvgIpc) is 2.97. The molecular formula is C13H19BrN2OS. The van der Waals surface area contributed by atoms with Crippen molar-refractivity contribution >= 4 is 33.2 Å². The Kier molecular flexibility index (Phi) is 5.21. The lowest BCUT2D eigenvalue weighted by Gasteiger charge is -2.22. The van der Waals surface area contributed by atoms with E-state index in [-0.39, 0.29) is 5.91 Å². The van der Waals surface area contributed by atoms with E-state index in [1.54, 1.807) is 11.3 Å². The third-order valence-corrected chi connectivity index (χ3v) is 4.90. The van der Waals surface area contributed by atoms with Crippen LogP contribution in [0.25, 0.3) is 0 Å². The first kappa shape index (κ1) is 14.0. The monoisotopic (exact) mass is 330 g/mol. The van der Waals surface area contributed by atoms with Gasteiger partial charge >= 0.3 is 0 Å². The Labute approximate surface area is 121 Å². The van der Waals surface area contributed by atoms with Crippen LogP contribution in [0, 0.1) is 0 Å². The highest BCUT2D eigenvalue weighted by Crippen LogP contribution is 2.23. The summed E-state index contributed by atoms with van der Waals surface area (Å²) >= 11 is 5.16. The summed E-state index contributed by atoms with van der Waals surface area (Å²) in [6.45, 7) is 4.62. The van der Waals surface area contributed by atoms with Gasteiger partial charge in [0.15, 0.2) is 0 Å². The van der Waals surface area contributed by atoms with E-state index >= 15 is 0 Å². The molecule has 1 amide bonds. The smallest absolute Gasteiger partial charge is 0.224 e. The molecule has 1 aliphatic rings. The molecule has 2 heterocycles. The van der Waals surface area contributed by atoms with Crippen molar-refractivity contribution in [3.63, 3.8) is 0 Å². The lowest BCUT2D eigenvalue weighted by Crippen LogP contribution is -2.35. The number of rotatable bonds is 5. The molecule has 1 unspecified atom stereocenters. The maximum Gasteiger partial charge on any atom is 0.224 e. The highest BCUT2D eigenvalue weighted by atomic mass is 79.9. The van der Waals surface area contributed by atoms with Gasteiger partial charge in [-0.1, -0.05) is 0 Å². The van der Waals surface area contributed by atoms with Crippen molar-refractivity contribution in [1.82, 2.24) is 10.2 Å². The van der Waals surface area contributed by atoms with E-state index in [0.717, 1.165) is 29.8 Å². The van der Waals surface area contributed by atoms with Gasteiger partial charge in [0.1, 0.15) is 0 Å². The average molecular weight is 331 g/mol. The van der Waals surface area contributed by atoms with E-state index in [2.05, 4.69) is 27.3 Å². The van der Waals surface area contributed by atoms with Gasteiger partial charge in [-0.05, 0) is 54.4 Å². The van der Waals surface area contributed by atoms with Crippen LogP contribution in [-0.2, 0) is 11.3 Å². The first-order chi connectivity index (χ1) is 8.69. The zero-order valence-electron chi connectivity index (χ0n) is 10.6. The molecule has 1 aromatic rings. The zero-order chi connectivity index (χ0) is 13.0. The molecule has 0 bridgehead atoms. The fraction of sp³-hybridized carbons (Fsp3) is 0.615. The van der Waals surface area contributed by atoms with Crippen molar-refractivity contribution in [3.05, 3.63) is 20.8 Å². The molecule has 18 heavy (non-hydrogen) atoms. The van der Waals surface area contributed by atoms with E-state index in [0.29, 0.717) is 12.5 Å². The Morgan fingerprint density at radius 2 is 2.44 bits per heavy atom. The molecule has 3 nitrogen and oxygen atoms in total. The molecule has 0 radical (unpaired) electrons. The summed E-state index contributed by atoms with van der Waals surface area (Å²) in [6, 6.07) is 4.51. The number of carbonyl (C=O) groups excluding carboxylic acids is 1. The number of halogens is 1. The van der Waals surface area contributed by atoms with Crippen LogP contribution in [0.3, 0.4) is 0 Å². The van der Waals surface area contributed by atoms with Crippen molar-refractivity contribution in [2.45, 2.75) is 38.8 Å². The van der Waals surface area contributed by atoms with E-state index in [9.17, 15) is 4.79 Å². The second kappa shape index (κ2) is 6.68. The normalized spacial score (nSPS) is 19.1. The molecule has 1 saturated heterocycles. The highest BCUT2D eigenvalue weighted by molar-refractivity contribution is 9.11. The van der Waals surface area contributed by atoms with Gasteiger partial charge in [0, 0.05) is 23.9 Å². The molecule has 0 aromatic carbocycles. The van der Waals surface area contributed by atoms with Crippen molar-refractivity contribution in [2.75, 3.05) is 13.1 Å². The van der Waals surface area contributed by atoms with Gasteiger partial charge < -0.3 is 10.2 Å². The summed E-state index contributed by atoms with van der Waals surface area (Å²) in [5.41, 5.74) is 0. The van der Waals surface area contributed by atoms with Crippen LogP contribution >= 0.6 is 27.3 Å². The molecule has 0 aliphatic carbocycles. The standard InChI is InChI=1S/C13H19BrN2OS/c1-2-16(9-11-5-6-12(14)18-11)13(17)8-10-4-3-7-15-10/h5-6,10,15H,2-4,7-9H2,1H3. The molecule has 1 aliphatic heterocycles. The van der Waals surface area contributed by atoms with Crippen molar-refractivity contribution < 1.29 is 4.79 Å². The summed E-state index contributed by atoms with van der Waals surface area (Å²) in [4.78, 5) is 15.4. The minimum atomic E-state index is 0.265. The SMILES string of the molecule is CCN(Cc1ccc(Br)s1)C(=O)CC1CCCN1. The minimum absolute atomic E-state index is 0.265. The zero-order valence-corrected chi connectivity index (χ0v) is 13.0. The Morgan fingerprint density at radius 1 is 1.61 bits per heavy atom. The first-order valence-electron chi connectivity index (χ1n) is 6.44. The lowest BCUT2D eigenvalue weighted by atomic mass is 10.1. The number of thiophene rings is 1. The summed E-state index contributed by atoms with van der Waals surface area (Å²) in [6.07, 6.45) is 2.97. The number of nitrogens with one attached hydrogen (secondary N) is 1. The molecular weight excluding hydrogens is 312 g/mol. The maximum absolute atomic E-state index is 12.2. The molecule has 0 saturated carbocycles. The Balaban J connectivity index is 1.88. The van der Waals surface area contributed by atoms with Crippen LogP contribution in [-0.4, -0.2) is 29.9 Å². The van der Waals surface area contributed by atoms with Crippen molar-refractivity contribution in [2.24, 2.45) is 0 Å². The molecule has 5 heteroatoms. The van der Waals surface area contributed by atoms with Gasteiger partial charge in [0.25, 0.3) is 0 Å². The van der Waals surface area contributed by atoms with Gasteiger partial charge in [-0.25, -0.2) is 0 Å². The fourth-order valence-corrected chi connectivity index (χ4v) is 3.77. The van der Waals surface area contributed by atoms with Crippen LogP contribution in [0.1, 0.15) is 31.1 Å². The number of carbonyl (C=O) groups is 1. The summed E-state index contributed by atoms with van der Waals surface area (Å²) < 4.78 is 1.12. The summed E-state index contributed by atoms with van der Waals surface area (Å²) in [7, 11) is 0. The molecule has 1 aromatic heterocycles. The van der Waals surface area contributed by atoms with E-state index < -0.39 is 0 Å². The second-order valence-corrected chi connectivity index (χ2v) is 7.16. The van der Waals surface area contributed by atoms with Crippen LogP contribution < -0.4 is 5.32 Å². The van der Waals surface area contributed by atoms with Crippen LogP contribution in [0.2, 0.25) is 0 Å². The van der Waals surface area contributed by atoms with Crippen molar-refractivity contribution in [1.29, 1.82) is 0 Å². The third kappa shape index (κ3) is 3.80. The number of hydrogen-bond donors (Lipinski definition) is 1. The number of nitrogens with zero attached hydrogens (tertiary/aromatic N) is 1. The third-order valence-electron chi connectivity index (χ3n) is 3.29. The maximum atomic E-state index is 12.2. The molecule has 2 rings (SSSR count). The molecule has 100 valence electrons. The van der Waals surface area contributed by atoms with Gasteiger partial charge in [0.05, 0.1) is 10.3 Å². The Hall–Kier alpha value is -0.390. The van der Waals surface area contributed by atoms with Crippen LogP contribution in [0.4, 0.5) is 0 Å². The minimum Gasteiger partial charge on any atom is -0.338 e. The first-order valence-corrected chi connectivity index (χ1v) is 8.05. The highest BCUT2D eigenvalue weighted by Gasteiger charge is 2.21. The fourth-order valence-electron chi connectivity index (χ4n) is 2.27. The largest absolute Gasteiger partial charge is 0.338 e. The van der Waals surface area contributed by atoms with Crippen molar-refractivity contribution in [3.8, 4) is 0 Å². The molecule has 0 spiro atoms. The van der Waals surface area contributed by atoms with Gasteiger partial charge in [-0.3, -0.25) is 4.79 Å². The second-order valence-electron chi connectivity index (χ2n) is 4.61. The van der Waals surface area contributed by atoms with Crippen LogP contribution in [0.5, 0.6) is 0 Å². The van der Waals surface area contributed by atoms with Gasteiger partial charge in [0.2, 0.25) is 5.91 Å². The van der Waals surface area contributed by atoms with Gasteiger partial charge in [-0.15, -0.1) is 11.3 Å². The Bertz CT molecular complexity index is 401. The molecule has 1 fully saturated rings. The molecule has 1 atom stereocenters.